The van der Waals surface area contributed by atoms with Gasteiger partial charge in [0.1, 0.15) is 17.7 Å². The molecular weight excluding hydrogens is 517 g/mol. The van der Waals surface area contributed by atoms with Gasteiger partial charge in [0, 0.05) is 36.3 Å². The lowest BCUT2D eigenvalue weighted by Gasteiger charge is -2.36. The van der Waals surface area contributed by atoms with Gasteiger partial charge in [-0.05, 0) is 81.8 Å². The van der Waals surface area contributed by atoms with Crippen molar-refractivity contribution in [2.24, 2.45) is 0 Å². The number of hydrogen-bond donors (Lipinski definition) is 3. The maximum absolute atomic E-state index is 14.9. The van der Waals surface area contributed by atoms with Crippen LogP contribution in [0.5, 0.6) is 0 Å². The molecule has 3 aromatic rings. The largest absolute Gasteiger partial charge is 0.353 e. The molecule has 3 N–H and O–H groups in total. The van der Waals surface area contributed by atoms with E-state index in [-0.39, 0.29) is 24.4 Å². The molecule has 206 valence electrons. The van der Waals surface area contributed by atoms with E-state index in [1.165, 1.54) is 28.2 Å². The number of carbonyl (C=O) groups is 1. The van der Waals surface area contributed by atoms with Crippen LogP contribution in [0.3, 0.4) is 0 Å². The van der Waals surface area contributed by atoms with Crippen LogP contribution in [0.4, 0.5) is 21.7 Å². The van der Waals surface area contributed by atoms with Crippen molar-refractivity contribution in [2.45, 2.75) is 63.2 Å². The first-order chi connectivity index (χ1) is 18.9. The van der Waals surface area contributed by atoms with Gasteiger partial charge in [0.25, 0.3) is 11.5 Å². The number of hydrogen-bond acceptors (Lipinski definition) is 8. The van der Waals surface area contributed by atoms with E-state index in [1.54, 1.807) is 6.07 Å². The fraction of sp³-hybridized carbons (Fsp3) is 0.500. The van der Waals surface area contributed by atoms with Gasteiger partial charge in [0.2, 0.25) is 0 Å². The summed E-state index contributed by atoms with van der Waals surface area (Å²) in [5, 5.41) is 12.8. The molecule has 0 spiro atoms. The van der Waals surface area contributed by atoms with Crippen LogP contribution in [-0.2, 0) is 12.8 Å². The number of aryl methyl sites for hydroxylation is 2. The topological polar surface area (TPSA) is 106 Å². The average Bonchev–Trinajstić information content (AvgIpc) is 3.58. The van der Waals surface area contributed by atoms with E-state index in [0.717, 1.165) is 44.2 Å². The van der Waals surface area contributed by atoms with Crippen molar-refractivity contribution in [2.75, 3.05) is 36.9 Å². The number of thiophene rings is 1. The predicted octanol–water partition coefficient (Wildman–Crippen LogP) is 3.96. The van der Waals surface area contributed by atoms with Gasteiger partial charge in [-0.1, -0.05) is 6.07 Å². The Labute approximate surface area is 230 Å². The van der Waals surface area contributed by atoms with E-state index in [9.17, 15) is 14.0 Å². The first kappa shape index (κ1) is 25.9. The number of piperidine rings is 1. The minimum absolute atomic E-state index is 0.223. The zero-order valence-electron chi connectivity index (χ0n) is 22.1. The van der Waals surface area contributed by atoms with Crippen molar-refractivity contribution in [1.82, 2.24) is 25.4 Å². The number of amides is 1. The SMILES string of the molecule is CN1CCCC1c1ccc(Nc2cc(N3CCC(F)C(NC(=O)c4cc5c(s4)CCCC5)C3)n[nH]c2=O)nc1. The van der Waals surface area contributed by atoms with Gasteiger partial charge in [-0.2, -0.15) is 5.10 Å². The van der Waals surface area contributed by atoms with Crippen molar-refractivity contribution in [3.05, 3.63) is 61.7 Å². The fourth-order valence-electron chi connectivity index (χ4n) is 5.91. The summed E-state index contributed by atoms with van der Waals surface area (Å²) in [6.45, 7) is 1.78. The molecule has 1 aliphatic carbocycles. The highest BCUT2D eigenvalue weighted by atomic mass is 32.1. The zero-order valence-corrected chi connectivity index (χ0v) is 22.9. The molecule has 1 amide bonds. The lowest BCUT2D eigenvalue weighted by Crippen LogP contribution is -2.54. The third-order valence-corrected chi connectivity index (χ3v) is 9.37. The molecule has 6 rings (SSSR count). The number of H-pyrrole nitrogens is 1. The van der Waals surface area contributed by atoms with E-state index in [1.807, 2.05) is 29.3 Å². The third-order valence-electron chi connectivity index (χ3n) is 8.13. The summed E-state index contributed by atoms with van der Waals surface area (Å²) in [5.74, 6) is 0.853. The molecular formula is C28H34FN7O2S. The summed E-state index contributed by atoms with van der Waals surface area (Å²) in [7, 11) is 2.12. The van der Waals surface area contributed by atoms with Crippen LogP contribution < -0.4 is 21.1 Å². The van der Waals surface area contributed by atoms with Crippen LogP contribution in [0.1, 0.15) is 63.8 Å². The molecule has 2 fully saturated rings. The minimum Gasteiger partial charge on any atom is -0.353 e. The second-order valence-corrected chi connectivity index (χ2v) is 11.9. The Kier molecular flexibility index (Phi) is 7.35. The minimum atomic E-state index is -1.15. The Morgan fingerprint density at radius 2 is 2.03 bits per heavy atom. The molecule has 2 aliphatic heterocycles. The zero-order chi connectivity index (χ0) is 26.9. The molecule has 39 heavy (non-hydrogen) atoms. The fourth-order valence-corrected chi connectivity index (χ4v) is 7.06. The first-order valence-electron chi connectivity index (χ1n) is 13.8. The highest BCUT2D eigenvalue weighted by molar-refractivity contribution is 7.14. The molecule has 3 atom stereocenters. The van der Waals surface area contributed by atoms with Crippen LogP contribution in [0.2, 0.25) is 0 Å². The van der Waals surface area contributed by atoms with E-state index in [0.29, 0.717) is 34.8 Å². The number of rotatable bonds is 6. The molecule has 0 saturated carbocycles. The number of likely N-dealkylation sites (tertiary alicyclic amines) is 1. The number of aromatic nitrogens is 3. The van der Waals surface area contributed by atoms with Crippen molar-refractivity contribution < 1.29 is 9.18 Å². The second kappa shape index (κ2) is 11.1. The third kappa shape index (κ3) is 5.56. The Balaban J connectivity index is 1.13. The number of fused-ring (bicyclic) bond motifs is 1. The normalized spacial score (nSPS) is 23.4. The van der Waals surface area contributed by atoms with Gasteiger partial charge in [0.05, 0.1) is 10.9 Å². The van der Waals surface area contributed by atoms with Gasteiger partial charge < -0.3 is 15.5 Å². The maximum atomic E-state index is 14.9. The van der Waals surface area contributed by atoms with Gasteiger partial charge >= 0.3 is 0 Å². The molecule has 3 aliphatic rings. The number of nitrogens with zero attached hydrogens (tertiary/aromatic N) is 4. The van der Waals surface area contributed by atoms with E-state index in [4.69, 9.17) is 0 Å². The Bertz CT molecular complexity index is 1370. The lowest BCUT2D eigenvalue weighted by atomic mass is 9.99. The number of nitrogens with one attached hydrogen (secondary N) is 3. The summed E-state index contributed by atoms with van der Waals surface area (Å²) in [6.07, 6.45) is 7.58. The van der Waals surface area contributed by atoms with Crippen LogP contribution in [0.15, 0.2) is 35.3 Å². The van der Waals surface area contributed by atoms with Crippen LogP contribution in [0, 0.1) is 0 Å². The van der Waals surface area contributed by atoms with Gasteiger partial charge in [-0.15, -0.1) is 11.3 Å². The van der Waals surface area contributed by atoms with E-state index in [2.05, 4.69) is 37.8 Å². The Hall–Kier alpha value is -3.31. The first-order valence-corrected chi connectivity index (χ1v) is 14.6. The number of pyridine rings is 1. The molecule has 3 aromatic heterocycles. The van der Waals surface area contributed by atoms with Gasteiger partial charge in [-0.25, -0.2) is 14.5 Å². The second-order valence-electron chi connectivity index (χ2n) is 10.8. The molecule has 3 unspecified atom stereocenters. The van der Waals surface area contributed by atoms with Gasteiger partial charge in [-0.3, -0.25) is 14.5 Å². The molecule has 0 bridgehead atoms. The van der Waals surface area contributed by atoms with Crippen molar-refractivity contribution >= 4 is 34.6 Å². The van der Waals surface area contributed by atoms with Crippen molar-refractivity contribution in [3.8, 4) is 0 Å². The van der Waals surface area contributed by atoms with Gasteiger partial charge in [0.15, 0.2) is 5.82 Å². The summed E-state index contributed by atoms with van der Waals surface area (Å²) in [4.78, 5) is 36.2. The Morgan fingerprint density at radius 3 is 2.79 bits per heavy atom. The number of alkyl halides is 1. The summed E-state index contributed by atoms with van der Waals surface area (Å²) in [5.41, 5.74) is 2.36. The molecule has 0 radical (unpaired) electrons. The molecule has 2 saturated heterocycles. The van der Waals surface area contributed by atoms with Crippen LogP contribution in [0.25, 0.3) is 0 Å². The highest BCUT2D eigenvalue weighted by Gasteiger charge is 2.32. The molecule has 9 nitrogen and oxygen atoms in total. The average molecular weight is 552 g/mol. The quantitative estimate of drug-likeness (QED) is 0.426. The lowest BCUT2D eigenvalue weighted by molar-refractivity contribution is 0.0904. The number of carbonyl (C=O) groups excluding carboxylic acids is 1. The van der Waals surface area contributed by atoms with Crippen LogP contribution >= 0.6 is 11.3 Å². The van der Waals surface area contributed by atoms with Crippen molar-refractivity contribution in [1.29, 1.82) is 0 Å². The standard InChI is InChI=1S/C28H34FN7O2S/c1-35-11-4-6-22(35)18-8-9-25(30-15-18)31-20-14-26(33-34-27(20)37)36-12-10-19(29)21(16-36)32-28(38)24-13-17-5-2-3-7-23(17)39-24/h8-9,13-15,19,21-22H,2-7,10-12,16H2,1H3,(H,32,38)(H,34,37)(H,30,31,33). The monoisotopic (exact) mass is 551 g/mol. The van der Waals surface area contributed by atoms with Crippen LogP contribution in [-0.4, -0.2) is 64.9 Å². The number of anilines is 3. The number of halogens is 1. The van der Waals surface area contributed by atoms with E-state index < -0.39 is 12.2 Å². The summed E-state index contributed by atoms with van der Waals surface area (Å²) in [6, 6.07) is 7.25. The Morgan fingerprint density at radius 1 is 1.15 bits per heavy atom. The number of aromatic amines is 1. The highest BCUT2D eigenvalue weighted by Crippen LogP contribution is 2.31. The maximum Gasteiger partial charge on any atom is 0.288 e. The summed E-state index contributed by atoms with van der Waals surface area (Å²) >= 11 is 1.53. The molecule has 5 heterocycles. The molecule has 11 heteroatoms. The predicted molar refractivity (Wildman–Crippen MR) is 151 cm³/mol. The van der Waals surface area contributed by atoms with Crippen molar-refractivity contribution in [3.63, 3.8) is 0 Å². The van der Waals surface area contributed by atoms with E-state index >= 15 is 0 Å². The smallest absolute Gasteiger partial charge is 0.288 e. The summed E-state index contributed by atoms with van der Waals surface area (Å²) < 4.78 is 14.9. The molecule has 0 aromatic carbocycles.